The fourth-order valence-corrected chi connectivity index (χ4v) is 5.64. The molecule has 0 saturated carbocycles. The Morgan fingerprint density at radius 3 is 1.52 bits per heavy atom. The van der Waals surface area contributed by atoms with E-state index < -0.39 is 0 Å². The molecule has 2 aromatic rings. The van der Waals surface area contributed by atoms with Gasteiger partial charge in [-0.2, -0.15) is 0 Å². The van der Waals surface area contributed by atoms with Crippen LogP contribution in [0.3, 0.4) is 0 Å². The minimum Gasteiger partial charge on any atom is -0.870 e. The van der Waals surface area contributed by atoms with E-state index >= 15 is 0 Å². The van der Waals surface area contributed by atoms with Crippen molar-refractivity contribution in [2.24, 2.45) is 0 Å². The predicted octanol–water partition coefficient (Wildman–Crippen LogP) is 3.50. The van der Waals surface area contributed by atoms with Gasteiger partial charge in [0, 0.05) is 5.41 Å². The molecule has 4 nitrogen and oxygen atoms in total. The van der Waals surface area contributed by atoms with Crippen LogP contribution in [-0.2, 0) is 16.2 Å². The molecule has 0 aliphatic heterocycles. The van der Waals surface area contributed by atoms with Gasteiger partial charge in [0.25, 0.3) is 0 Å². The summed E-state index contributed by atoms with van der Waals surface area (Å²) in [5.74, 6) is 0.585. The summed E-state index contributed by atoms with van der Waals surface area (Å²) in [4.78, 5) is 0. The van der Waals surface area contributed by atoms with E-state index in [1.54, 1.807) is 12.1 Å². The minimum absolute atomic E-state index is 0.0851. The lowest BCUT2D eigenvalue weighted by atomic mass is 9.72. The van der Waals surface area contributed by atoms with E-state index in [0.29, 0.717) is 11.5 Å². The lowest BCUT2D eigenvalue weighted by Crippen LogP contribution is -2.27. The molecular weight excluding hydrogens is 340 g/mol. The second-order valence-electron chi connectivity index (χ2n) is 9.30. The fraction of sp³-hybridized carbons (Fsp3) is 0.478. The lowest BCUT2D eigenvalue weighted by molar-refractivity contribution is -0.270. The molecule has 4 heteroatoms. The zero-order chi connectivity index (χ0) is 19.8. The SMILES string of the molecule is COc1cc2c(cc1[O-])C1(CC2(C)C)CC(C)(C)c2cc([O-])c(OC)cc21. The molecule has 0 amide bonds. The highest BCUT2D eigenvalue weighted by Gasteiger charge is 2.56. The van der Waals surface area contributed by atoms with Gasteiger partial charge in [-0.3, -0.25) is 0 Å². The highest BCUT2D eigenvalue weighted by Crippen LogP contribution is 2.64. The van der Waals surface area contributed by atoms with Crippen LogP contribution in [0.15, 0.2) is 24.3 Å². The summed E-state index contributed by atoms with van der Waals surface area (Å²) in [6, 6.07) is 7.31. The molecule has 0 saturated heterocycles. The summed E-state index contributed by atoms with van der Waals surface area (Å²) in [6.07, 6.45) is 1.75. The van der Waals surface area contributed by atoms with Crippen LogP contribution in [0, 0.1) is 0 Å². The molecule has 1 spiro atoms. The molecule has 0 N–H and O–H groups in total. The second-order valence-corrected chi connectivity index (χ2v) is 9.30. The van der Waals surface area contributed by atoms with Gasteiger partial charge in [0.15, 0.2) is 0 Å². The maximum atomic E-state index is 12.6. The van der Waals surface area contributed by atoms with E-state index in [4.69, 9.17) is 9.47 Å². The monoisotopic (exact) mass is 366 g/mol. The Hall–Kier alpha value is -2.36. The smallest absolute Gasteiger partial charge is 0.111 e. The first kappa shape index (κ1) is 18.0. The highest BCUT2D eigenvalue weighted by atomic mass is 16.5. The number of rotatable bonds is 2. The van der Waals surface area contributed by atoms with Crippen LogP contribution in [0.2, 0.25) is 0 Å². The van der Waals surface area contributed by atoms with Crippen LogP contribution < -0.4 is 19.7 Å². The van der Waals surface area contributed by atoms with Gasteiger partial charge in [-0.1, -0.05) is 51.3 Å². The number of hydrogen-bond acceptors (Lipinski definition) is 4. The zero-order valence-electron chi connectivity index (χ0n) is 16.9. The van der Waals surface area contributed by atoms with Gasteiger partial charge in [-0.05, 0) is 58.1 Å². The third-order valence-corrected chi connectivity index (χ3v) is 6.58. The molecule has 2 aromatic carbocycles. The summed E-state index contributed by atoms with van der Waals surface area (Å²) < 4.78 is 10.7. The molecule has 0 fully saturated rings. The van der Waals surface area contributed by atoms with E-state index in [2.05, 4.69) is 27.7 Å². The van der Waals surface area contributed by atoms with E-state index in [-0.39, 0.29) is 27.7 Å². The van der Waals surface area contributed by atoms with Crippen LogP contribution in [-0.4, -0.2) is 14.2 Å². The number of benzene rings is 2. The van der Waals surface area contributed by atoms with Gasteiger partial charge in [0.2, 0.25) is 0 Å². The Morgan fingerprint density at radius 2 is 1.04 bits per heavy atom. The number of hydrogen-bond donors (Lipinski definition) is 0. The number of methoxy groups -OCH3 is 2. The normalized spacial score (nSPS) is 23.9. The molecule has 1 atom stereocenters. The van der Waals surface area contributed by atoms with Crippen LogP contribution in [0.25, 0.3) is 0 Å². The Kier molecular flexibility index (Phi) is 3.56. The molecule has 0 bridgehead atoms. The van der Waals surface area contributed by atoms with Crippen LogP contribution in [0.4, 0.5) is 0 Å². The number of fused-ring (bicyclic) bond motifs is 4. The maximum Gasteiger partial charge on any atom is 0.111 e. The zero-order valence-corrected chi connectivity index (χ0v) is 16.9. The average molecular weight is 366 g/mol. The van der Waals surface area contributed by atoms with Crippen molar-refractivity contribution in [1.29, 1.82) is 0 Å². The summed E-state index contributed by atoms with van der Waals surface area (Å²) in [6.45, 7) is 8.79. The Bertz CT molecular complexity index is 942. The van der Waals surface area contributed by atoms with Crippen molar-refractivity contribution in [3.05, 3.63) is 46.5 Å². The van der Waals surface area contributed by atoms with Crippen molar-refractivity contribution in [3.8, 4) is 23.0 Å². The van der Waals surface area contributed by atoms with Crippen molar-refractivity contribution < 1.29 is 19.7 Å². The van der Waals surface area contributed by atoms with Gasteiger partial charge < -0.3 is 19.7 Å². The van der Waals surface area contributed by atoms with E-state index in [1.165, 1.54) is 14.2 Å². The molecule has 1 unspecified atom stereocenters. The van der Waals surface area contributed by atoms with Crippen molar-refractivity contribution >= 4 is 0 Å². The minimum atomic E-state index is -0.288. The molecular formula is C23H26O4-2. The van der Waals surface area contributed by atoms with Gasteiger partial charge in [0.1, 0.15) is 11.5 Å². The van der Waals surface area contributed by atoms with E-state index in [1.807, 2.05) is 12.1 Å². The standard InChI is InChI=1S/C23H28O4/c1-21(2)11-23(16-10-20(27-6)17(24)7-13(16)21)12-22(3,4)14-9-19(26-5)18(25)8-15(14)23/h7-10,24-25H,11-12H2,1-6H3/p-2. The summed E-state index contributed by atoms with van der Waals surface area (Å²) in [7, 11) is 3.07. The molecule has 144 valence electrons. The fourth-order valence-electron chi connectivity index (χ4n) is 5.64. The van der Waals surface area contributed by atoms with Crippen molar-refractivity contribution in [3.63, 3.8) is 0 Å². The number of ether oxygens (including phenoxy) is 2. The lowest BCUT2D eigenvalue weighted by Gasteiger charge is -2.31. The van der Waals surface area contributed by atoms with E-state index in [9.17, 15) is 10.2 Å². The van der Waals surface area contributed by atoms with Crippen molar-refractivity contribution in [2.45, 2.75) is 56.8 Å². The molecule has 2 aliphatic rings. The van der Waals surface area contributed by atoms with Gasteiger partial charge in [0.05, 0.1) is 14.2 Å². The predicted molar refractivity (Wildman–Crippen MR) is 101 cm³/mol. The van der Waals surface area contributed by atoms with Gasteiger partial charge >= 0.3 is 0 Å². The summed E-state index contributed by atoms with van der Waals surface area (Å²) in [5.41, 5.74) is 3.89. The maximum absolute atomic E-state index is 12.6. The Balaban J connectivity index is 2.04. The molecule has 2 aliphatic carbocycles. The highest BCUT2D eigenvalue weighted by molar-refractivity contribution is 5.65. The largest absolute Gasteiger partial charge is 0.870 e. The average Bonchev–Trinajstić information content (AvgIpc) is 2.93. The Morgan fingerprint density at radius 1 is 0.667 bits per heavy atom. The summed E-state index contributed by atoms with van der Waals surface area (Å²) >= 11 is 0. The van der Waals surface area contributed by atoms with Crippen molar-refractivity contribution in [1.82, 2.24) is 0 Å². The van der Waals surface area contributed by atoms with E-state index in [0.717, 1.165) is 35.1 Å². The van der Waals surface area contributed by atoms with Crippen LogP contribution >= 0.6 is 0 Å². The van der Waals surface area contributed by atoms with Gasteiger partial charge in [-0.25, -0.2) is 0 Å². The molecule has 0 aromatic heterocycles. The van der Waals surface area contributed by atoms with Crippen LogP contribution in [0.1, 0.15) is 62.8 Å². The van der Waals surface area contributed by atoms with Gasteiger partial charge in [-0.15, -0.1) is 0 Å². The summed E-state index contributed by atoms with van der Waals surface area (Å²) in [5, 5.41) is 25.0. The third-order valence-electron chi connectivity index (χ3n) is 6.58. The first-order chi connectivity index (χ1) is 12.6. The first-order valence-electron chi connectivity index (χ1n) is 9.36. The second kappa shape index (κ2) is 5.34. The first-order valence-corrected chi connectivity index (χ1v) is 9.36. The van der Waals surface area contributed by atoms with Crippen molar-refractivity contribution in [2.75, 3.05) is 14.2 Å². The molecule has 4 rings (SSSR count). The molecule has 27 heavy (non-hydrogen) atoms. The molecule has 0 radical (unpaired) electrons. The molecule has 0 heterocycles. The quantitative estimate of drug-likeness (QED) is 0.816. The van der Waals surface area contributed by atoms with Crippen LogP contribution in [0.5, 0.6) is 23.0 Å². The Labute approximate surface area is 160 Å². The third kappa shape index (κ3) is 2.28. The topological polar surface area (TPSA) is 64.6 Å².